The zero-order chi connectivity index (χ0) is 16.9. The summed E-state index contributed by atoms with van der Waals surface area (Å²) in [6.07, 6.45) is 0.144. The Labute approximate surface area is 144 Å². The zero-order valence-corrected chi connectivity index (χ0v) is 16.1. The largest absolute Gasteiger partial charge is 0.598 e. The van der Waals surface area contributed by atoms with Crippen molar-refractivity contribution in [2.45, 2.75) is 51.8 Å². The Bertz CT molecular complexity index is 496. The lowest BCUT2D eigenvalue weighted by Gasteiger charge is -2.28. The SMILES string of the molecule is CCOC(=O)C[C@H](N[S@+]([O-])C(C)(C)C)c1cc(C)cc(Br)c1. The molecular weight excluding hydrogens is 366 g/mol. The Morgan fingerprint density at radius 3 is 2.55 bits per heavy atom. The van der Waals surface area contributed by atoms with Gasteiger partial charge in [0, 0.05) is 15.8 Å². The molecule has 0 bridgehead atoms. The van der Waals surface area contributed by atoms with Crippen LogP contribution in [0.5, 0.6) is 0 Å². The number of hydrogen-bond acceptors (Lipinski definition) is 4. The summed E-state index contributed by atoms with van der Waals surface area (Å²) >= 11 is 2.19. The molecule has 0 aliphatic heterocycles. The first kappa shape index (κ1) is 19.5. The number of nitrogens with one attached hydrogen (secondary N) is 1. The normalized spacial score (nSPS) is 14.5. The molecule has 2 atom stereocenters. The first-order valence-corrected chi connectivity index (χ1v) is 9.18. The van der Waals surface area contributed by atoms with Crippen LogP contribution < -0.4 is 4.72 Å². The molecule has 0 amide bonds. The average molecular weight is 390 g/mol. The fourth-order valence-electron chi connectivity index (χ4n) is 1.89. The number of carbonyl (C=O) groups is 1. The number of aryl methyl sites for hydroxylation is 1. The van der Waals surface area contributed by atoms with Crippen LogP contribution in [0.4, 0.5) is 0 Å². The van der Waals surface area contributed by atoms with Crippen LogP contribution in [0.25, 0.3) is 0 Å². The summed E-state index contributed by atoms with van der Waals surface area (Å²) in [6, 6.07) is 5.56. The monoisotopic (exact) mass is 389 g/mol. The Balaban J connectivity index is 3.02. The standard InChI is InChI=1S/C16H24BrNO3S/c1-6-21-15(19)10-14(18-22(20)16(3,4)5)12-7-11(2)8-13(17)9-12/h7-9,14,18H,6,10H2,1-5H3/t14-,22+/m0/s1. The molecule has 1 aromatic carbocycles. The van der Waals surface area contributed by atoms with Gasteiger partial charge in [0.1, 0.15) is 4.75 Å². The lowest BCUT2D eigenvalue weighted by Crippen LogP contribution is -2.42. The van der Waals surface area contributed by atoms with Crippen molar-refractivity contribution in [1.29, 1.82) is 0 Å². The van der Waals surface area contributed by atoms with Gasteiger partial charge in [-0.1, -0.05) is 22.0 Å². The summed E-state index contributed by atoms with van der Waals surface area (Å²) in [7, 11) is 0. The van der Waals surface area contributed by atoms with E-state index in [4.69, 9.17) is 4.74 Å². The van der Waals surface area contributed by atoms with Crippen molar-refractivity contribution in [1.82, 2.24) is 4.72 Å². The zero-order valence-electron chi connectivity index (χ0n) is 13.7. The highest BCUT2D eigenvalue weighted by Gasteiger charge is 2.31. The second kappa shape index (κ2) is 8.34. The highest BCUT2D eigenvalue weighted by atomic mass is 79.9. The Morgan fingerprint density at radius 1 is 1.41 bits per heavy atom. The van der Waals surface area contributed by atoms with E-state index in [1.54, 1.807) is 6.92 Å². The van der Waals surface area contributed by atoms with E-state index in [9.17, 15) is 9.35 Å². The van der Waals surface area contributed by atoms with Crippen LogP contribution in [0.1, 0.15) is 51.3 Å². The molecule has 0 aliphatic carbocycles. The maximum atomic E-state index is 12.4. The van der Waals surface area contributed by atoms with E-state index in [1.807, 2.05) is 45.9 Å². The van der Waals surface area contributed by atoms with Gasteiger partial charge in [-0.2, -0.15) is 0 Å². The van der Waals surface area contributed by atoms with Gasteiger partial charge >= 0.3 is 5.97 Å². The topological polar surface area (TPSA) is 61.4 Å². The number of ether oxygens (including phenoxy) is 1. The summed E-state index contributed by atoms with van der Waals surface area (Å²) in [5.41, 5.74) is 1.99. The molecule has 0 heterocycles. The number of benzene rings is 1. The predicted octanol–water partition coefficient (Wildman–Crippen LogP) is 3.80. The van der Waals surface area contributed by atoms with E-state index in [2.05, 4.69) is 20.7 Å². The van der Waals surface area contributed by atoms with Gasteiger partial charge in [0.05, 0.1) is 19.1 Å². The lowest BCUT2D eigenvalue weighted by atomic mass is 10.0. The smallest absolute Gasteiger partial charge is 0.307 e. The third-order valence-electron chi connectivity index (χ3n) is 2.95. The minimum atomic E-state index is -1.27. The second-order valence-electron chi connectivity index (χ2n) is 6.12. The molecule has 0 aromatic heterocycles. The minimum absolute atomic E-state index is 0.144. The molecule has 1 rings (SSSR count). The van der Waals surface area contributed by atoms with Gasteiger partial charge in [-0.15, -0.1) is 4.72 Å². The van der Waals surface area contributed by atoms with Gasteiger partial charge in [-0.05, 0) is 57.9 Å². The third kappa shape index (κ3) is 6.28. The van der Waals surface area contributed by atoms with Crippen molar-refractivity contribution >= 4 is 33.3 Å². The van der Waals surface area contributed by atoms with Gasteiger partial charge in [0.15, 0.2) is 0 Å². The molecule has 1 aromatic rings. The Morgan fingerprint density at radius 2 is 2.05 bits per heavy atom. The van der Waals surface area contributed by atoms with Gasteiger partial charge in [-0.25, -0.2) is 0 Å². The van der Waals surface area contributed by atoms with Crippen LogP contribution in [0.3, 0.4) is 0 Å². The molecule has 4 nitrogen and oxygen atoms in total. The molecule has 0 unspecified atom stereocenters. The Hall–Kier alpha value is -0.560. The van der Waals surface area contributed by atoms with Gasteiger partial charge in [0.25, 0.3) is 0 Å². The first-order chi connectivity index (χ1) is 10.1. The van der Waals surface area contributed by atoms with Crippen LogP contribution in [-0.2, 0) is 20.9 Å². The van der Waals surface area contributed by atoms with Gasteiger partial charge < -0.3 is 9.29 Å². The number of rotatable bonds is 6. The van der Waals surface area contributed by atoms with Crippen molar-refractivity contribution < 1.29 is 14.1 Å². The molecule has 0 saturated carbocycles. The van der Waals surface area contributed by atoms with E-state index in [0.717, 1.165) is 15.6 Å². The molecule has 0 spiro atoms. The molecule has 124 valence electrons. The van der Waals surface area contributed by atoms with Crippen LogP contribution in [0, 0.1) is 6.92 Å². The fraction of sp³-hybridized carbons (Fsp3) is 0.562. The summed E-state index contributed by atoms with van der Waals surface area (Å²) in [5.74, 6) is -0.302. The predicted molar refractivity (Wildman–Crippen MR) is 93.9 cm³/mol. The first-order valence-electron chi connectivity index (χ1n) is 7.24. The molecule has 22 heavy (non-hydrogen) atoms. The maximum Gasteiger partial charge on any atom is 0.307 e. The molecule has 0 radical (unpaired) electrons. The van der Waals surface area contributed by atoms with E-state index in [0.29, 0.717) is 6.61 Å². The molecule has 0 saturated heterocycles. The van der Waals surface area contributed by atoms with Crippen LogP contribution in [-0.4, -0.2) is 21.9 Å². The van der Waals surface area contributed by atoms with Crippen molar-refractivity contribution in [2.24, 2.45) is 0 Å². The van der Waals surface area contributed by atoms with Crippen molar-refractivity contribution in [3.8, 4) is 0 Å². The lowest BCUT2D eigenvalue weighted by molar-refractivity contribution is -0.143. The molecule has 0 fully saturated rings. The van der Waals surface area contributed by atoms with Gasteiger partial charge in [-0.3, -0.25) is 4.79 Å². The number of carbonyl (C=O) groups excluding carboxylic acids is 1. The van der Waals surface area contributed by atoms with Crippen molar-refractivity contribution in [3.63, 3.8) is 0 Å². The molecule has 6 heteroatoms. The van der Waals surface area contributed by atoms with E-state index in [1.165, 1.54) is 0 Å². The Kier molecular flexibility index (Phi) is 7.38. The van der Waals surface area contributed by atoms with Crippen LogP contribution in [0.15, 0.2) is 22.7 Å². The minimum Gasteiger partial charge on any atom is -0.598 e. The van der Waals surface area contributed by atoms with Crippen molar-refractivity contribution in [3.05, 3.63) is 33.8 Å². The number of halogens is 1. The van der Waals surface area contributed by atoms with Crippen LogP contribution >= 0.6 is 15.9 Å². The van der Waals surface area contributed by atoms with E-state index in [-0.39, 0.29) is 18.4 Å². The van der Waals surface area contributed by atoms with E-state index >= 15 is 0 Å². The molecular formula is C16H24BrNO3S. The highest BCUT2D eigenvalue weighted by molar-refractivity contribution is 9.10. The molecule has 1 N–H and O–H groups in total. The van der Waals surface area contributed by atoms with Crippen LogP contribution in [0.2, 0.25) is 0 Å². The average Bonchev–Trinajstić information content (AvgIpc) is 2.35. The van der Waals surface area contributed by atoms with E-state index < -0.39 is 16.1 Å². The number of hydrogen-bond donors (Lipinski definition) is 1. The summed E-state index contributed by atoms with van der Waals surface area (Å²) in [4.78, 5) is 11.9. The third-order valence-corrected chi connectivity index (χ3v) is 5.02. The maximum absolute atomic E-state index is 12.4. The number of esters is 1. The second-order valence-corrected chi connectivity index (χ2v) is 9.04. The summed E-state index contributed by atoms with van der Waals surface area (Å²) < 4.78 is 21.0. The van der Waals surface area contributed by atoms with Gasteiger partial charge in [0.2, 0.25) is 0 Å². The summed E-state index contributed by atoms with van der Waals surface area (Å²) in [6.45, 7) is 9.77. The summed E-state index contributed by atoms with van der Waals surface area (Å²) in [5, 5.41) is 0. The quantitative estimate of drug-likeness (QED) is 0.593. The highest BCUT2D eigenvalue weighted by Crippen LogP contribution is 2.26. The van der Waals surface area contributed by atoms with Crippen molar-refractivity contribution in [2.75, 3.05) is 6.61 Å². The molecule has 0 aliphatic rings. The fourth-order valence-corrected chi connectivity index (χ4v) is 3.34.